The van der Waals surface area contributed by atoms with E-state index in [1.165, 1.54) is 6.07 Å². The summed E-state index contributed by atoms with van der Waals surface area (Å²) in [5.41, 5.74) is 2.08. The van der Waals surface area contributed by atoms with Gasteiger partial charge in [0.05, 0.1) is 27.2 Å². The quantitative estimate of drug-likeness (QED) is 0.824. The van der Waals surface area contributed by atoms with Gasteiger partial charge in [-0.15, -0.1) is 0 Å². The van der Waals surface area contributed by atoms with Crippen LogP contribution in [0.15, 0.2) is 41.3 Å². The predicted molar refractivity (Wildman–Crippen MR) is 96.2 cm³/mol. The van der Waals surface area contributed by atoms with Gasteiger partial charge in [0.15, 0.2) is 0 Å². The molecule has 0 aromatic heterocycles. The molecule has 0 saturated carbocycles. The van der Waals surface area contributed by atoms with Crippen LogP contribution >= 0.6 is 23.2 Å². The van der Waals surface area contributed by atoms with E-state index in [0.717, 1.165) is 11.1 Å². The number of carbonyl (C=O) groups is 1. The normalized spacial score (nSPS) is 11.3. The molecule has 0 heterocycles. The summed E-state index contributed by atoms with van der Waals surface area (Å²) in [6.07, 6.45) is 0. The van der Waals surface area contributed by atoms with Gasteiger partial charge in [-0.3, -0.25) is 4.79 Å². The van der Waals surface area contributed by atoms with Gasteiger partial charge in [-0.25, -0.2) is 13.1 Å². The fraction of sp³-hybridized carbons (Fsp3) is 0.188. The molecule has 0 aliphatic heterocycles. The molecule has 24 heavy (non-hydrogen) atoms. The first-order valence-corrected chi connectivity index (χ1v) is 9.25. The highest BCUT2D eigenvalue weighted by Gasteiger charge is 2.17. The zero-order chi connectivity index (χ0) is 17.9. The molecule has 128 valence electrons. The van der Waals surface area contributed by atoms with E-state index in [1.54, 1.807) is 30.3 Å². The SMILES string of the molecule is Cc1ccc(S(=O)(=O)NCC(=O)Nc2c(Cl)cccc2Cl)cc1C. The van der Waals surface area contributed by atoms with Crippen molar-refractivity contribution in [1.82, 2.24) is 4.72 Å². The Morgan fingerprint density at radius 1 is 1.04 bits per heavy atom. The van der Waals surface area contributed by atoms with Crippen LogP contribution in [0.5, 0.6) is 0 Å². The second kappa shape index (κ2) is 7.53. The minimum atomic E-state index is -3.78. The third kappa shape index (κ3) is 4.48. The molecule has 2 N–H and O–H groups in total. The monoisotopic (exact) mass is 386 g/mol. The summed E-state index contributed by atoms with van der Waals surface area (Å²) in [6, 6.07) is 9.55. The van der Waals surface area contributed by atoms with E-state index < -0.39 is 22.5 Å². The highest BCUT2D eigenvalue weighted by atomic mass is 35.5. The first-order valence-electron chi connectivity index (χ1n) is 7.01. The van der Waals surface area contributed by atoms with Gasteiger partial charge in [-0.1, -0.05) is 35.3 Å². The minimum absolute atomic E-state index is 0.106. The van der Waals surface area contributed by atoms with Crippen molar-refractivity contribution < 1.29 is 13.2 Å². The number of anilines is 1. The number of nitrogens with one attached hydrogen (secondary N) is 2. The van der Waals surface area contributed by atoms with E-state index in [9.17, 15) is 13.2 Å². The number of hydrogen-bond donors (Lipinski definition) is 2. The zero-order valence-electron chi connectivity index (χ0n) is 13.1. The number of carbonyl (C=O) groups excluding carboxylic acids is 1. The molecule has 0 atom stereocenters. The lowest BCUT2D eigenvalue weighted by molar-refractivity contribution is -0.115. The molecule has 0 unspecified atom stereocenters. The molecule has 0 spiro atoms. The molecule has 0 saturated heterocycles. The molecule has 5 nitrogen and oxygen atoms in total. The molecule has 1 amide bonds. The molecule has 8 heteroatoms. The first kappa shape index (κ1) is 18.7. The molecule has 0 bridgehead atoms. The predicted octanol–water partition coefficient (Wildman–Crippen LogP) is 3.53. The number of aryl methyl sites for hydroxylation is 2. The van der Waals surface area contributed by atoms with Crippen molar-refractivity contribution in [2.75, 3.05) is 11.9 Å². The van der Waals surface area contributed by atoms with Crippen molar-refractivity contribution in [3.8, 4) is 0 Å². The van der Waals surface area contributed by atoms with Gasteiger partial charge in [0.25, 0.3) is 0 Å². The molecule has 0 aliphatic carbocycles. The highest BCUT2D eigenvalue weighted by molar-refractivity contribution is 7.89. The summed E-state index contributed by atoms with van der Waals surface area (Å²) >= 11 is 11.9. The number of para-hydroxylation sites is 1. The van der Waals surface area contributed by atoms with Crippen LogP contribution in [0.4, 0.5) is 5.69 Å². The molecule has 0 radical (unpaired) electrons. The smallest absolute Gasteiger partial charge is 0.241 e. The first-order chi connectivity index (χ1) is 11.2. The lowest BCUT2D eigenvalue weighted by atomic mass is 10.1. The number of hydrogen-bond acceptors (Lipinski definition) is 3. The van der Waals surface area contributed by atoms with Crippen LogP contribution in [0.25, 0.3) is 0 Å². The minimum Gasteiger partial charge on any atom is -0.322 e. The Kier molecular flexibility index (Phi) is 5.87. The van der Waals surface area contributed by atoms with Crippen LogP contribution in [0.2, 0.25) is 10.0 Å². The van der Waals surface area contributed by atoms with Crippen LogP contribution < -0.4 is 10.0 Å². The van der Waals surface area contributed by atoms with Crippen molar-refractivity contribution in [3.63, 3.8) is 0 Å². The van der Waals surface area contributed by atoms with E-state index in [2.05, 4.69) is 10.0 Å². The van der Waals surface area contributed by atoms with Crippen LogP contribution in [-0.2, 0) is 14.8 Å². The van der Waals surface area contributed by atoms with Crippen LogP contribution in [0, 0.1) is 13.8 Å². The van der Waals surface area contributed by atoms with Gasteiger partial charge in [0, 0.05) is 0 Å². The number of sulfonamides is 1. The Bertz CT molecular complexity index is 863. The molecule has 0 aliphatic rings. The van der Waals surface area contributed by atoms with Crippen LogP contribution in [-0.4, -0.2) is 20.9 Å². The van der Waals surface area contributed by atoms with Gasteiger partial charge in [-0.2, -0.15) is 0 Å². The van der Waals surface area contributed by atoms with E-state index >= 15 is 0 Å². The van der Waals surface area contributed by atoms with Gasteiger partial charge >= 0.3 is 0 Å². The molecular formula is C16H16Cl2N2O3S. The summed E-state index contributed by atoms with van der Waals surface area (Å²) in [4.78, 5) is 12.1. The van der Waals surface area contributed by atoms with Gasteiger partial charge in [0.1, 0.15) is 0 Å². The Labute approximate surface area is 151 Å². The molecule has 2 aromatic carbocycles. The van der Waals surface area contributed by atoms with Gasteiger partial charge < -0.3 is 5.32 Å². The van der Waals surface area contributed by atoms with Crippen molar-refractivity contribution in [2.45, 2.75) is 18.7 Å². The molecular weight excluding hydrogens is 371 g/mol. The zero-order valence-corrected chi connectivity index (χ0v) is 15.4. The molecule has 0 fully saturated rings. The fourth-order valence-corrected chi connectivity index (χ4v) is 3.48. The Morgan fingerprint density at radius 2 is 1.67 bits per heavy atom. The Balaban J connectivity index is 2.06. The lowest BCUT2D eigenvalue weighted by Crippen LogP contribution is -2.33. The van der Waals surface area contributed by atoms with Crippen molar-refractivity contribution >= 4 is 44.8 Å². The molecule has 2 rings (SSSR count). The van der Waals surface area contributed by atoms with E-state index in [-0.39, 0.29) is 20.6 Å². The summed E-state index contributed by atoms with van der Waals surface area (Å²) in [7, 11) is -3.78. The summed E-state index contributed by atoms with van der Waals surface area (Å²) in [5.74, 6) is -0.572. The second-order valence-corrected chi connectivity index (χ2v) is 7.80. The van der Waals surface area contributed by atoms with Crippen molar-refractivity contribution in [3.05, 3.63) is 57.6 Å². The largest absolute Gasteiger partial charge is 0.322 e. The maximum absolute atomic E-state index is 12.2. The number of benzene rings is 2. The van der Waals surface area contributed by atoms with E-state index in [0.29, 0.717) is 0 Å². The average Bonchev–Trinajstić information content (AvgIpc) is 2.52. The lowest BCUT2D eigenvalue weighted by Gasteiger charge is -2.11. The maximum Gasteiger partial charge on any atom is 0.241 e. The number of rotatable bonds is 5. The van der Waals surface area contributed by atoms with Crippen LogP contribution in [0.1, 0.15) is 11.1 Å². The number of amides is 1. The topological polar surface area (TPSA) is 75.3 Å². The van der Waals surface area contributed by atoms with Crippen LogP contribution in [0.3, 0.4) is 0 Å². The summed E-state index contributed by atoms with van der Waals surface area (Å²) in [5, 5.41) is 3.04. The Hall–Kier alpha value is -1.60. The Morgan fingerprint density at radius 3 is 2.25 bits per heavy atom. The maximum atomic E-state index is 12.2. The average molecular weight is 387 g/mol. The summed E-state index contributed by atoms with van der Waals surface area (Å²) < 4.78 is 26.7. The third-order valence-corrected chi connectivity index (χ3v) is 5.47. The van der Waals surface area contributed by atoms with Crippen molar-refractivity contribution in [1.29, 1.82) is 0 Å². The van der Waals surface area contributed by atoms with Crippen molar-refractivity contribution in [2.24, 2.45) is 0 Å². The van der Waals surface area contributed by atoms with Gasteiger partial charge in [-0.05, 0) is 49.2 Å². The van der Waals surface area contributed by atoms with E-state index in [1.807, 2.05) is 13.8 Å². The molecule has 2 aromatic rings. The van der Waals surface area contributed by atoms with Gasteiger partial charge in [0.2, 0.25) is 15.9 Å². The standard InChI is InChI=1S/C16H16Cl2N2O3S/c1-10-6-7-12(8-11(10)2)24(22,23)19-9-15(21)20-16-13(17)4-3-5-14(16)18/h3-8,19H,9H2,1-2H3,(H,20,21). The summed E-state index contributed by atoms with van der Waals surface area (Å²) in [6.45, 7) is 3.28. The highest BCUT2D eigenvalue weighted by Crippen LogP contribution is 2.29. The number of halogens is 2. The fourth-order valence-electron chi connectivity index (χ4n) is 1.93. The second-order valence-electron chi connectivity index (χ2n) is 5.22. The van der Waals surface area contributed by atoms with E-state index in [4.69, 9.17) is 23.2 Å². The third-order valence-electron chi connectivity index (χ3n) is 3.44.